The maximum Gasteiger partial charge on any atom is 0.240 e. The Labute approximate surface area is 163 Å². The molecule has 0 spiro atoms. The van der Waals surface area contributed by atoms with E-state index in [1.54, 1.807) is 6.07 Å². The van der Waals surface area contributed by atoms with Gasteiger partial charge in [-0.3, -0.25) is 9.59 Å². The van der Waals surface area contributed by atoms with Gasteiger partial charge in [-0.05, 0) is 35.2 Å². The number of hydrogen-bond donors (Lipinski definition) is 3. The van der Waals surface area contributed by atoms with Crippen molar-refractivity contribution in [3.8, 4) is 5.75 Å². The zero-order valence-electron chi connectivity index (χ0n) is 15.4. The van der Waals surface area contributed by atoms with Crippen molar-refractivity contribution in [2.24, 2.45) is 5.92 Å². The number of fused-ring (bicyclic) bond motifs is 1. The van der Waals surface area contributed by atoms with Crippen LogP contribution in [0.3, 0.4) is 0 Å². The molecule has 5 heteroatoms. The zero-order valence-corrected chi connectivity index (χ0v) is 15.4. The minimum absolute atomic E-state index is 0.0554. The maximum atomic E-state index is 12.6. The number of carbonyl (C=O) groups is 2. The molecule has 0 bridgehead atoms. The van der Waals surface area contributed by atoms with E-state index in [1.165, 1.54) is 0 Å². The Morgan fingerprint density at radius 2 is 1.68 bits per heavy atom. The van der Waals surface area contributed by atoms with Crippen molar-refractivity contribution in [1.29, 1.82) is 0 Å². The van der Waals surface area contributed by atoms with Crippen LogP contribution in [0.15, 0.2) is 66.7 Å². The van der Waals surface area contributed by atoms with Gasteiger partial charge in [0, 0.05) is 11.5 Å². The summed E-state index contributed by atoms with van der Waals surface area (Å²) in [6, 6.07) is 20.2. The monoisotopic (exact) mass is 374 g/mol. The fourth-order valence-electron chi connectivity index (χ4n) is 3.42. The van der Waals surface area contributed by atoms with Crippen LogP contribution in [-0.2, 0) is 9.59 Å². The number of rotatable bonds is 6. The molecule has 3 aromatic rings. The van der Waals surface area contributed by atoms with Crippen molar-refractivity contribution in [2.45, 2.75) is 18.9 Å². The molecule has 0 radical (unpaired) electrons. The van der Waals surface area contributed by atoms with E-state index in [4.69, 9.17) is 0 Å². The molecule has 2 amide bonds. The van der Waals surface area contributed by atoms with E-state index >= 15 is 0 Å². The lowest BCUT2D eigenvalue weighted by Gasteiger charge is -2.23. The Balaban J connectivity index is 1.66. The number of amides is 2. The van der Waals surface area contributed by atoms with Crippen LogP contribution in [0.4, 0.5) is 0 Å². The molecule has 28 heavy (non-hydrogen) atoms. The number of hydrogen-bond acceptors (Lipinski definition) is 3. The second-order valence-corrected chi connectivity index (χ2v) is 7.12. The van der Waals surface area contributed by atoms with Crippen molar-refractivity contribution >= 4 is 22.6 Å². The van der Waals surface area contributed by atoms with Crippen molar-refractivity contribution in [3.05, 3.63) is 77.9 Å². The first-order chi connectivity index (χ1) is 13.6. The molecule has 142 valence electrons. The van der Waals surface area contributed by atoms with Crippen LogP contribution < -0.4 is 10.6 Å². The summed E-state index contributed by atoms with van der Waals surface area (Å²) in [5.41, 5.74) is 1.50. The first-order valence-electron chi connectivity index (χ1n) is 9.46. The van der Waals surface area contributed by atoms with Gasteiger partial charge in [0.2, 0.25) is 11.8 Å². The predicted octanol–water partition coefficient (Wildman–Crippen LogP) is 3.28. The molecule has 3 N–H and O–H groups in total. The third-order valence-corrected chi connectivity index (χ3v) is 5.05. The summed E-state index contributed by atoms with van der Waals surface area (Å²) in [6.07, 6.45) is 1.79. The molecule has 0 unspecified atom stereocenters. The first kappa shape index (κ1) is 18.0. The summed E-state index contributed by atoms with van der Waals surface area (Å²) in [6.45, 7) is -0.0792. The average molecular weight is 374 g/mol. The van der Waals surface area contributed by atoms with E-state index < -0.39 is 6.04 Å². The van der Waals surface area contributed by atoms with Gasteiger partial charge >= 0.3 is 0 Å². The molecule has 0 heterocycles. The molecule has 5 nitrogen and oxygen atoms in total. The molecule has 3 aromatic carbocycles. The number of nitrogens with one attached hydrogen (secondary N) is 2. The van der Waals surface area contributed by atoms with Gasteiger partial charge in [-0.25, -0.2) is 0 Å². The highest BCUT2D eigenvalue weighted by Gasteiger charge is 2.30. The molecule has 1 atom stereocenters. The van der Waals surface area contributed by atoms with Gasteiger partial charge in [-0.2, -0.15) is 0 Å². The van der Waals surface area contributed by atoms with Gasteiger partial charge in [-0.15, -0.1) is 0 Å². The molecular formula is C23H22N2O3. The molecule has 1 aliphatic carbocycles. The fraction of sp³-hybridized carbons (Fsp3) is 0.217. The molecule has 1 fully saturated rings. The Morgan fingerprint density at radius 3 is 2.43 bits per heavy atom. The highest BCUT2D eigenvalue weighted by atomic mass is 16.3. The lowest BCUT2D eigenvalue weighted by Crippen LogP contribution is -2.39. The second-order valence-electron chi connectivity index (χ2n) is 7.12. The van der Waals surface area contributed by atoms with Crippen LogP contribution in [0.2, 0.25) is 0 Å². The van der Waals surface area contributed by atoms with Gasteiger partial charge < -0.3 is 15.7 Å². The Hall–Kier alpha value is -3.34. The molecular weight excluding hydrogens is 352 g/mol. The second kappa shape index (κ2) is 7.72. The van der Waals surface area contributed by atoms with Gasteiger partial charge in [0.1, 0.15) is 5.75 Å². The average Bonchev–Trinajstić information content (AvgIpc) is 3.57. The van der Waals surface area contributed by atoms with Crippen LogP contribution in [0.1, 0.15) is 30.0 Å². The minimum atomic E-state index is -0.530. The lowest BCUT2D eigenvalue weighted by atomic mass is 9.92. The third kappa shape index (κ3) is 3.83. The Kier molecular flexibility index (Phi) is 4.98. The van der Waals surface area contributed by atoms with Crippen molar-refractivity contribution in [1.82, 2.24) is 10.6 Å². The van der Waals surface area contributed by atoms with Crippen LogP contribution in [0.5, 0.6) is 5.75 Å². The number of carbonyl (C=O) groups excluding carboxylic acids is 2. The van der Waals surface area contributed by atoms with Crippen LogP contribution in [0.25, 0.3) is 10.8 Å². The van der Waals surface area contributed by atoms with Gasteiger partial charge in [-0.1, -0.05) is 60.7 Å². The number of benzene rings is 3. The summed E-state index contributed by atoms with van der Waals surface area (Å²) in [5, 5.41) is 18.2. The number of phenolic OH excluding ortho intramolecular Hbond substituents is 1. The SMILES string of the molecule is O=C(CNC(=O)C1CC1)N[C@H](c1ccccc1)c1c(O)ccc2ccccc12. The van der Waals surface area contributed by atoms with E-state index in [1.807, 2.05) is 60.7 Å². The summed E-state index contributed by atoms with van der Waals surface area (Å²) in [7, 11) is 0. The summed E-state index contributed by atoms with van der Waals surface area (Å²) < 4.78 is 0. The minimum Gasteiger partial charge on any atom is -0.508 e. The number of phenols is 1. The molecule has 1 saturated carbocycles. The van der Waals surface area contributed by atoms with Gasteiger partial charge in [0.15, 0.2) is 0 Å². The quantitative estimate of drug-likeness (QED) is 0.620. The lowest BCUT2D eigenvalue weighted by molar-refractivity contribution is -0.127. The summed E-state index contributed by atoms with van der Waals surface area (Å²) in [4.78, 5) is 24.4. The molecule has 0 aromatic heterocycles. The van der Waals surface area contributed by atoms with E-state index in [0.29, 0.717) is 5.56 Å². The first-order valence-corrected chi connectivity index (χ1v) is 9.46. The molecule has 0 saturated heterocycles. The number of aromatic hydroxyl groups is 1. The third-order valence-electron chi connectivity index (χ3n) is 5.05. The van der Waals surface area contributed by atoms with E-state index in [2.05, 4.69) is 10.6 Å². The van der Waals surface area contributed by atoms with Crippen molar-refractivity contribution < 1.29 is 14.7 Å². The fourth-order valence-corrected chi connectivity index (χ4v) is 3.42. The largest absolute Gasteiger partial charge is 0.508 e. The highest BCUT2D eigenvalue weighted by molar-refractivity contribution is 5.90. The van der Waals surface area contributed by atoms with Crippen LogP contribution >= 0.6 is 0 Å². The normalized spacial score (nSPS) is 14.4. The predicted molar refractivity (Wildman–Crippen MR) is 108 cm³/mol. The van der Waals surface area contributed by atoms with Crippen LogP contribution in [0, 0.1) is 5.92 Å². The zero-order chi connectivity index (χ0) is 19.5. The summed E-state index contributed by atoms with van der Waals surface area (Å²) in [5.74, 6) is -0.190. The Morgan fingerprint density at radius 1 is 0.964 bits per heavy atom. The maximum absolute atomic E-state index is 12.6. The highest BCUT2D eigenvalue weighted by Crippen LogP contribution is 2.35. The molecule has 1 aliphatic rings. The summed E-state index contributed by atoms with van der Waals surface area (Å²) >= 11 is 0. The van der Waals surface area contributed by atoms with Crippen LogP contribution in [-0.4, -0.2) is 23.5 Å². The van der Waals surface area contributed by atoms with Crippen molar-refractivity contribution in [2.75, 3.05) is 6.54 Å². The van der Waals surface area contributed by atoms with E-state index in [0.717, 1.165) is 29.2 Å². The molecule has 0 aliphatic heterocycles. The van der Waals surface area contributed by atoms with E-state index in [-0.39, 0.29) is 30.0 Å². The topological polar surface area (TPSA) is 78.4 Å². The smallest absolute Gasteiger partial charge is 0.240 e. The van der Waals surface area contributed by atoms with Crippen molar-refractivity contribution in [3.63, 3.8) is 0 Å². The van der Waals surface area contributed by atoms with E-state index in [9.17, 15) is 14.7 Å². The standard InChI is InChI=1S/C23H22N2O3/c26-19-13-12-15-6-4-5-9-18(15)21(19)22(16-7-2-1-3-8-16)25-20(27)14-24-23(28)17-10-11-17/h1-9,12-13,17,22,26H,10-11,14H2,(H,24,28)(H,25,27)/t22-/m1/s1. The molecule has 4 rings (SSSR count). The van der Waals surface area contributed by atoms with Gasteiger partial charge in [0.25, 0.3) is 0 Å². The van der Waals surface area contributed by atoms with Gasteiger partial charge in [0.05, 0.1) is 12.6 Å². The Bertz CT molecular complexity index is 1010.